The summed E-state index contributed by atoms with van der Waals surface area (Å²) in [7, 11) is 0. The van der Waals surface area contributed by atoms with Crippen molar-refractivity contribution in [3.63, 3.8) is 0 Å². The van der Waals surface area contributed by atoms with Gasteiger partial charge in [-0.2, -0.15) is 0 Å². The van der Waals surface area contributed by atoms with Gasteiger partial charge in [-0.05, 0) is 30.3 Å². The summed E-state index contributed by atoms with van der Waals surface area (Å²) in [5.74, 6) is -0.975. The maximum absolute atomic E-state index is 12.4. The first kappa shape index (κ1) is 27.0. The van der Waals surface area contributed by atoms with Crippen molar-refractivity contribution >= 4 is 34.8 Å². The van der Waals surface area contributed by atoms with Crippen LogP contribution in [0.2, 0.25) is 0 Å². The highest BCUT2D eigenvalue weighted by atomic mass is 16.6. The molecule has 0 aliphatic carbocycles. The van der Waals surface area contributed by atoms with Crippen LogP contribution in [0.5, 0.6) is 0 Å². The number of nitro groups is 3. The van der Waals surface area contributed by atoms with Crippen molar-refractivity contribution in [1.82, 2.24) is 15.0 Å². The highest BCUT2D eigenvalue weighted by Crippen LogP contribution is 2.33. The van der Waals surface area contributed by atoms with Crippen LogP contribution in [-0.4, -0.2) is 53.9 Å². The molecule has 3 N–H and O–H groups in total. The molecular weight excluding hydrogens is 528 g/mol. The summed E-state index contributed by atoms with van der Waals surface area (Å²) in [6.45, 7) is 0.485. The van der Waals surface area contributed by atoms with E-state index in [0.717, 1.165) is 6.20 Å². The van der Waals surface area contributed by atoms with Crippen LogP contribution in [-0.2, 0) is 0 Å². The second kappa shape index (κ2) is 11.5. The molecule has 0 spiro atoms. The van der Waals surface area contributed by atoms with Crippen LogP contribution < -0.4 is 10.6 Å². The van der Waals surface area contributed by atoms with E-state index in [2.05, 4.69) is 25.6 Å². The highest BCUT2D eigenvalue weighted by Gasteiger charge is 2.24. The SMILES string of the molecule is O=C(O)c1c(-c2ccc([N+](=O)[O-])cc2)nc(NCCNc2ccc([N+](=O)[O-])cn2)nc1-c1ccc([N+](=O)[O-])cc1. The van der Waals surface area contributed by atoms with E-state index in [-0.39, 0.29) is 64.2 Å². The van der Waals surface area contributed by atoms with Gasteiger partial charge in [-0.3, -0.25) is 30.3 Å². The number of non-ortho nitro benzene ring substituents is 2. The number of anilines is 2. The average molecular weight is 546 g/mol. The van der Waals surface area contributed by atoms with Crippen LogP contribution in [0.3, 0.4) is 0 Å². The smallest absolute Gasteiger partial charge is 0.340 e. The van der Waals surface area contributed by atoms with E-state index < -0.39 is 20.7 Å². The average Bonchev–Trinajstić information content (AvgIpc) is 2.95. The van der Waals surface area contributed by atoms with Gasteiger partial charge in [0.1, 0.15) is 17.6 Å². The summed E-state index contributed by atoms with van der Waals surface area (Å²) in [6.07, 6.45) is 1.11. The molecule has 0 amide bonds. The Balaban J connectivity index is 1.67. The van der Waals surface area contributed by atoms with Gasteiger partial charge in [-0.25, -0.2) is 19.7 Å². The quantitative estimate of drug-likeness (QED) is 0.136. The number of carboxylic acids is 1. The Morgan fingerprint density at radius 1 is 0.700 bits per heavy atom. The second-order valence-corrected chi connectivity index (χ2v) is 8.04. The molecule has 0 saturated heterocycles. The normalized spacial score (nSPS) is 10.5. The molecule has 0 fully saturated rings. The number of rotatable bonds is 11. The third kappa shape index (κ3) is 6.08. The molecule has 0 saturated carbocycles. The molecule has 4 rings (SSSR count). The number of aromatic carboxylic acids is 1. The number of carbonyl (C=O) groups is 1. The molecule has 4 aromatic rings. The molecule has 16 heteroatoms. The van der Waals surface area contributed by atoms with Crippen molar-refractivity contribution in [3.05, 3.63) is 103 Å². The lowest BCUT2D eigenvalue weighted by atomic mass is 10.00. The fraction of sp³-hybridized carbons (Fsp3) is 0.0833. The fourth-order valence-corrected chi connectivity index (χ4v) is 3.61. The summed E-state index contributed by atoms with van der Waals surface area (Å²) in [6, 6.07) is 13.0. The van der Waals surface area contributed by atoms with Gasteiger partial charge in [0.15, 0.2) is 0 Å². The topological polar surface area (TPSA) is 229 Å². The minimum absolute atomic E-state index is 0.0187. The van der Waals surface area contributed by atoms with Crippen LogP contribution in [0, 0.1) is 30.3 Å². The Hall–Kier alpha value is -6.06. The lowest BCUT2D eigenvalue weighted by Gasteiger charge is -2.14. The molecule has 0 aliphatic heterocycles. The van der Waals surface area contributed by atoms with Crippen molar-refractivity contribution in [1.29, 1.82) is 0 Å². The number of nitrogens with zero attached hydrogens (tertiary/aromatic N) is 6. The fourth-order valence-electron chi connectivity index (χ4n) is 3.61. The van der Waals surface area contributed by atoms with E-state index in [9.17, 15) is 40.2 Å². The molecule has 0 atom stereocenters. The minimum Gasteiger partial charge on any atom is -0.478 e. The maximum Gasteiger partial charge on any atom is 0.340 e. The lowest BCUT2D eigenvalue weighted by Crippen LogP contribution is -2.17. The van der Waals surface area contributed by atoms with E-state index >= 15 is 0 Å². The molecule has 202 valence electrons. The zero-order chi connectivity index (χ0) is 28.8. The van der Waals surface area contributed by atoms with Crippen LogP contribution in [0.1, 0.15) is 10.4 Å². The number of benzene rings is 2. The molecule has 0 bridgehead atoms. The first-order chi connectivity index (χ1) is 19.1. The summed E-state index contributed by atoms with van der Waals surface area (Å²) in [5, 5.41) is 48.9. The van der Waals surface area contributed by atoms with Crippen LogP contribution in [0.25, 0.3) is 22.5 Å². The maximum atomic E-state index is 12.4. The van der Waals surface area contributed by atoms with Crippen LogP contribution in [0.4, 0.5) is 28.8 Å². The first-order valence-electron chi connectivity index (χ1n) is 11.4. The molecule has 0 radical (unpaired) electrons. The zero-order valence-electron chi connectivity index (χ0n) is 20.3. The summed E-state index contributed by atoms with van der Waals surface area (Å²) >= 11 is 0. The predicted octanol–water partition coefficient (Wildman–Crippen LogP) is 4.15. The first-order valence-corrected chi connectivity index (χ1v) is 11.4. The number of nitro benzene ring substituents is 2. The van der Waals surface area contributed by atoms with E-state index in [0.29, 0.717) is 5.82 Å². The van der Waals surface area contributed by atoms with Crippen LogP contribution >= 0.6 is 0 Å². The molecule has 40 heavy (non-hydrogen) atoms. The standard InChI is InChI=1S/C24H18N8O8/c33-23(34)20-21(14-1-5-16(6-2-14)30(35)36)28-24(29-22(20)15-3-7-17(8-4-15)31(37)38)26-12-11-25-19-10-9-18(13-27-19)32(39)40/h1-10,13H,11-12H2,(H,25,27)(H,33,34)(H,26,28,29). The summed E-state index contributed by atoms with van der Waals surface area (Å²) < 4.78 is 0. The van der Waals surface area contributed by atoms with E-state index in [1.54, 1.807) is 0 Å². The van der Waals surface area contributed by atoms with E-state index in [1.807, 2.05) is 0 Å². The Kier molecular flexibility index (Phi) is 7.79. The molecule has 2 aromatic carbocycles. The summed E-state index contributed by atoms with van der Waals surface area (Å²) in [4.78, 5) is 56.2. The number of hydrogen-bond acceptors (Lipinski definition) is 12. The Bertz CT molecular complexity index is 1510. The number of carboxylic acid groups (broad SMARTS) is 1. The van der Waals surface area contributed by atoms with Gasteiger partial charge in [0.2, 0.25) is 5.95 Å². The van der Waals surface area contributed by atoms with Gasteiger partial charge < -0.3 is 15.7 Å². The predicted molar refractivity (Wildman–Crippen MR) is 141 cm³/mol. The van der Waals surface area contributed by atoms with Crippen molar-refractivity contribution in [2.45, 2.75) is 0 Å². The van der Waals surface area contributed by atoms with E-state index in [4.69, 9.17) is 0 Å². The van der Waals surface area contributed by atoms with Gasteiger partial charge >= 0.3 is 5.97 Å². The van der Waals surface area contributed by atoms with Crippen molar-refractivity contribution in [3.8, 4) is 22.5 Å². The minimum atomic E-state index is -1.38. The number of aromatic nitrogens is 3. The van der Waals surface area contributed by atoms with Gasteiger partial charge in [0.25, 0.3) is 17.1 Å². The van der Waals surface area contributed by atoms with Crippen molar-refractivity contribution < 1.29 is 24.7 Å². The number of nitrogens with one attached hydrogen (secondary N) is 2. The third-order valence-electron chi connectivity index (χ3n) is 5.50. The summed E-state index contributed by atoms with van der Waals surface area (Å²) in [5.41, 5.74) is -0.384. The number of pyridine rings is 1. The lowest BCUT2D eigenvalue weighted by molar-refractivity contribution is -0.385. The van der Waals surface area contributed by atoms with Gasteiger partial charge in [0.05, 0.1) is 26.2 Å². The molecule has 0 aliphatic rings. The van der Waals surface area contributed by atoms with E-state index in [1.165, 1.54) is 60.7 Å². The monoisotopic (exact) mass is 546 g/mol. The Morgan fingerprint density at radius 3 is 1.55 bits per heavy atom. The molecule has 2 heterocycles. The van der Waals surface area contributed by atoms with Crippen LogP contribution in [0.15, 0.2) is 66.9 Å². The van der Waals surface area contributed by atoms with Crippen molar-refractivity contribution in [2.75, 3.05) is 23.7 Å². The van der Waals surface area contributed by atoms with Crippen molar-refractivity contribution in [2.24, 2.45) is 0 Å². The van der Waals surface area contributed by atoms with Gasteiger partial charge in [0, 0.05) is 54.5 Å². The number of hydrogen-bond donors (Lipinski definition) is 3. The Labute approximate surface area is 223 Å². The molecular formula is C24H18N8O8. The van der Waals surface area contributed by atoms with Gasteiger partial charge in [-0.15, -0.1) is 0 Å². The third-order valence-corrected chi connectivity index (χ3v) is 5.50. The molecule has 2 aromatic heterocycles. The largest absolute Gasteiger partial charge is 0.478 e. The second-order valence-electron chi connectivity index (χ2n) is 8.04. The Morgan fingerprint density at radius 2 is 1.15 bits per heavy atom. The molecule has 0 unspecified atom stereocenters. The highest BCUT2D eigenvalue weighted by molar-refractivity contribution is 6.01. The van der Waals surface area contributed by atoms with Gasteiger partial charge in [-0.1, -0.05) is 0 Å². The zero-order valence-corrected chi connectivity index (χ0v) is 20.3. The molecule has 16 nitrogen and oxygen atoms in total.